The normalized spacial score (nSPS) is 34.8. The average molecular weight is 239 g/mol. The summed E-state index contributed by atoms with van der Waals surface area (Å²) in [5.41, 5.74) is 0.261. The predicted molar refractivity (Wildman–Crippen MR) is 67.0 cm³/mol. The Hall–Kier alpha value is -0.120. The highest BCUT2D eigenvalue weighted by Crippen LogP contribution is 2.41. The molecule has 0 radical (unpaired) electrons. The van der Waals surface area contributed by atoms with Gasteiger partial charge in [0.25, 0.3) is 0 Å². The topological polar surface area (TPSA) is 41.5 Å². The second kappa shape index (κ2) is 4.52. The fourth-order valence-corrected chi connectivity index (χ4v) is 3.63. The quantitative estimate of drug-likeness (QED) is 0.791. The third-order valence-corrected chi connectivity index (χ3v) is 4.92. The standard InChI is InChI=1S/C14H25NO2/c16-11-13(7-8-13)15-12-4-9-17-14(10-12)5-2-1-3-6-14/h12,15-16H,1-11H2. The first kappa shape index (κ1) is 11.9. The first-order valence-corrected chi connectivity index (χ1v) is 7.29. The van der Waals surface area contributed by atoms with Crippen molar-refractivity contribution >= 4 is 0 Å². The summed E-state index contributed by atoms with van der Waals surface area (Å²) in [5, 5.41) is 13.1. The largest absolute Gasteiger partial charge is 0.394 e. The van der Waals surface area contributed by atoms with E-state index in [4.69, 9.17) is 4.74 Å². The molecule has 1 aliphatic heterocycles. The molecule has 3 rings (SSSR count). The molecule has 0 aromatic carbocycles. The first-order valence-electron chi connectivity index (χ1n) is 7.29. The molecular formula is C14H25NO2. The van der Waals surface area contributed by atoms with E-state index in [-0.39, 0.29) is 11.1 Å². The highest BCUT2D eigenvalue weighted by atomic mass is 16.5. The molecule has 1 saturated heterocycles. The summed E-state index contributed by atoms with van der Waals surface area (Å²) in [4.78, 5) is 0. The lowest BCUT2D eigenvalue weighted by molar-refractivity contribution is -0.110. The van der Waals surface area contributed by atoms with Crippen molar-refractivity contribution in [3.63, 3.8) is 0 Å². The lowest BCUT2D eigenvalue weighted by Gasteiger charge is -2.44. The van der Waals surface area contributed by atoms with E-state index in [1.807, 2.05) is 0 Å². The molecule has 2 N–H and O–H groups in total. The van der Waals surface area contributed by atoms with Crippen LogP contribution in [-0.2, 0) is 4.74 Å². The SMILES string of the molecule is OCC1(NC2CCOC3(CCCCC3)C2)CC1. The van der Waals surface area contributed by atoms with Gasteiger partial charge in [-0.3, -0.25) is 0 Å². The zero-order valence-electron chi connectivity index (χ0n) is 10.7. The number of aliphatic hydroxyl groups is 1. The zero-order chi connectivity index (χ0) is 11.8. The Bertz CT molecular complexity index is 264. The molecule has 1 atom stereocenters. The molecule has 0 aromatic heterocycles. The van der Waals surface area contributed by atoms with Crippen LogP contribution < -0.4 is 5.32 Å². The summed E-state index contributed by atoms with van der Waals surface area (Å²) in [7, 11) is 0. The monoisotopic (exact) mass is 239 g/mol. The number of rotatable bonds is 3. The van der Waals surface area contributed by atoms with Gasteiger partial charge in [-0.05, 0) is 38.5 Å². The number of hydrogen-bond donors (Lipinski definition) is 2. The van der Waals surface area contributed by atoms with Gasteiger partial charge in [-0.25, -0.2) is 0 Å². The summed E-state index contributed by atoms with van der Waals surface area (Å²) >= 11 is 0. The third kappa shape index (κ3) is 2.51. The minimum atomic E-state index is 0.0812. The number of ether oxygens (including phenoxy) is 1. The van der Waals surface area contributed by atoms with Crippen LogP contribution in [-0.4, -0.2) is 35.5 Å². The average Bonchev–Trinajstić information content (AvgIpc) is 3.11. The molecule has 2 saturated carbocycles. The molecule has 3 aliphatic rings. The molecule has 3 nitrogen and oxygen atoms in total. The molecule has 2 aliphatic carbocycles. The van der Waals surface area contributed by atoms with Gasteiger partial charge >= 0.3 is 0 Å². The number of nitrogens with one attached hydrogen (secondary N) is 1. The van der Waals surface area contributed by atoms with E-state index in [2.05, 4.69) is 5.32 Å². The van der Waals surface area contributed by atoms with E-state index < -0.39 is 0 Å². The van der Waals surface area contributed by atoms with Crippen molar-refractivity contribution in [2.24, 2.45) is 0 Å². The van der Waals surface area contributed by atoms with Gasteiger partial charge in [-0.15, -0.1) is 0 Å². The maximum Gasteiger partial charge on any atom is 0.0697 e. The summed E-state index contributed by atoms with van der Waals surface area (Å²) in [6.45, 7) is 1.20. The number of aliphatic hydroxyl groups excluding tert-OH is 1. The van der Waals surface area contributed by atoms with E-state index in [9.17, 15) is 5.11 Å². The second-order valence-corrected chi connectivity index (χ2v) is 6.36. The Balaban J connectivity index is 1.59. The van der Waals surface area contributed by atoms with Crippen LogP contribution >= 0.6 is 0 Å². The Morgan fingerprint density at radius 1 is 1.12 bits per heavy atom. The van der Waals surface area contributed by atoms with E-state index in [1.165, 1.54) is 32.1 Å². The molecule has 1 spiro atoms. The molecule has 98 valence electrons. The van der Waals surface area contributed by atoms with Crippen molar-refractivity contribution in [3.05, 3.63) is 0 Å². The highest BCUT2D eigenvalue weighted by Gasteiger charge is 2.46. The van der Waals surface area contributed by atoms with Gasteiger partial charge in [0.1, 0.15) is 0 Å². The first-order chi connectivity index (χ1) is 8.26. The molecule has 0 aromatic rings. The van der Waals surface area contributed by atoms with Gasteiger partial charge < -0.3 is 15.2 Å². The maximum absolute atomic E-state index is 9.40. The molecule has 3 fully saturated rings. The van der Waals surface area contributed by atoms with E-state index in [0.717, 1.165) is 32.3 Å². The van der Waals surface area contributed by atoms with Crippen LogP contribution in [0.4, 0.5) is 0 Å². The fourth-order valence-electron chi connectivity index (χ4n) is 3.63. The smallest absolute Gasteiger partial charge is 0.0697 e. The Morgan fingerprint density at radius 2 is 1.88 bits per heavy atom. The van der Waals surface area contributed by atoms with E-state index in [1.54, 1.807) is 0 Å². The van der Waals surface area contributed by atoms with Crippen molar-refractivity contribution in [2.45, 2.75) is 75.0 Å². The van der Waals surface area contributed by atoms with Gasteiger partial charge in [0.2, 0.25) is 0 Å². The summed E-state index contributed by atoms with van der Waals surface area (Å²) in [6.07, 6.45) is 11.1. The highest BCUT2D eigenvalue weighted by molar-refractivity contribution is 5.05. The molecular weight excluding hydrogens is 214 g/mol. The van der Waals surface area contributed by atoms with Crippen LogP contribution in [0.1, 0.15) is 57.8 Å². The molecule has 1 unspecified atom stereocenters. The zero-order valence-corrected chi connectivity index (χ0v) is 10.7. The molecule has 17 heavy (non-hydrogen) atoms. The van der Waals surface area contributed by atoms with Gasteiger partial charge in [-0.1, -0.05) is 19.3 Å². The van der Waals surface area contributed by atoms with E-state index in [0.29, 0.717) is 12.6 Å². The van der Waals surface area contributed by atoms with E-state index >= 15 is 0 Å². The summed E-state index contributed by atoms with van der Waals surface area (Å²) in [6, 6.07) is 0.566. The lowest BCUT2D eigenvalue weighted by atomic mass is 9.78. The van der Waals surface area contributed by atoms with Crippen LogP contribution in [0.2, 0.25) is 0 Å². The lowest BCUT2D eigenvalue weighted by Crippen LogP contribution is -2.52. The van der Waals surface area contributed by atoms with Crippen LogP contribution in [0.15, 0.2) is 0 Å². The predicted octanol–water partition coefficient (Wildman–Crippen LogP) is 1.98. The Kier molecular flexibility index (Phi) is 3.18. The molecule has 0 amide bonds. The van der Waals surface area contributed by atoms with Crippen molar-refractivity contribution < 1.29 is 9.84 Å². The minimum absolute atomic E-state index is 0.0812. The number of hydrogen-bond acceptors (Lipinski definition) is 3. The van der Waals surface area contributed by atoms with Gasteiger partial charge in [0.05, 0.1) is 12.2 Å². The van der Waals surface area contributed by atoms with Crippen LogP contribution in [0.5, 0.6) is 0 Å². The minimum Gasteiger partial charge on any atom is -0.394 e. The Morgan fingerprint density at radius 3 is 2.53 bits per heavy atom. The second-order valence-electron chi connectivity index (χ2n) is 6.36. The molecule has 0 bridgehead atoms. The van der Waals surface area contributed by atoms with Crippen LogP contribution in [0.25, 0.3) is 0 Å². The fraction of sp³-hybridized carbons (Fsp3) is 1.00. The van der Waals surface area contributed by atoms with Gasteiger partial charge in [0, 0.05) is 18.2 Å². The third-order valence-electron chi connectivity index (χ3n) is 4.92. The van der Waals surface area contributed by atoms with Crippen molar-refractivity contribution in [3.8, 4) is 0 Å². The van der Waals surface area contributed by atoms with Crippen molar-refractivity contribution in [1.82, 2.24) is 5.32 Å². The van der Waals surface area contributed by atoms with Crippen molar-refractivity contribution in [1.29, 1.82) is 0 Å². The van der Waals surface area contributed by atoms with Crippen LogP contribution in [0, 0.1) is 0 Å². The summed E-state index contributed by atoms with van der Waals surface area (Å²) < 4.78 is 6.10. The molecule has 3 heteroatoms. The van der Waals surface area contributed by atoms with Crippen molar-refractivity contribution in [2.75, 3.05) is 13.2 Å². The van der Waals surface area contributed by atoms with Crippen LogP contribution in [0.3, 0.4) is 0 Å². The Labute approximate surface area is 104 Å². The van der Waals surface area contributed by atoms with Gasteiger partial charge in [0.15, 0.2) is 0 Å². The summed E-state index contributed by atoms with van der Waals surface area (Å²) in [5.74, 6) is 0. The maximum atomic E-state index is 9.40. The van der Waals surface area contributed by atoms with Gasteiger partial charge in [-0.2, -0.15) is 0 Å². The molecule has 1 heterocycles.